The first-order valence-corrected chi connectivity index (χ1v) is 33.3. The number of nitrogens with two attached hydrogens (primary N) is 1. The fraction of sp³-hybridized carbons (Fsp3) is 0.492. The van der Waals surface area contributed by atoms with Crippen LogP contribution in [0.15, 0.2) is 107 Å². The number of amides is 1. The van der Waals surface area contributed by atoms with Gasteiger partial charge in [-0.1, -0.05) is 41.5 Å². The maximum atomic E-state index is 13.7. The molecular formula is C59H81N11O6Si2. The van der Waals surface area contributed by atoms with E-state index in [4.69, 9.17) is 24.6 Å². The van der Waals surface area contributed by atoms with Crippen LogP contribution >= 0.6 is 0 Å². The molecule has 0 bridgehead atoms. The molecule has 19 heteroatoms. The third-order valence-corrected chi connectivity index (χ3v) is 25.1. The topological polar surface area (TPSA) is 206 Å². The van der Waals surface area contributed by atoms with E-state index in [2.05, 4.69) is 87.7 Å². The second-order valence-corrected chi connectivity index (χ2v) is 33.3. The van der Waals surface area contributed by atoms with E-state index in [-0.39, 0.29) is 44.7 Å². The summed E-state index contributed by atoms with van der Waals surface area (Å²) >= 11 is 0. The summed E-state index contributed by atoms with van der Waals surface area (Å²) in [4.78, 5) is 81.9. The van der Waals surface area contributed by atoms with Gasteiger partial charge in [-0.3, -0.25) is 28.3 Å². The molecule has 2 aromatic carbocycles. The quantitative estimate of drug-likeness (QED) is 0.0628. The molecule has 0 aliphatic carbocycles. The lowest BCUT2D eigenvalue weighted by molar-refractivity contribution is -0.122. The first kappa shape index (κ1) is 59.1. The van der Waals surface area contributed by atoms with Gasteiger partial charge in [-0.25, -0.2) is 29.9 Å². The van der Waals surface area contributed by atoms with Gasteiger partial charge in [0.2, 0.25) is 5.91 Å². The molecule has 2 aliphatic heterocycles. The van der Waals surface area contributed by atoms with E-state index in [1.807, 2.05) is 70.7 Å². The highest BCUT2D eigenvalue weighted by Gasteiger charge is 2.38. The Hall–Kier alpha value is -6.55. The van der Waals surface area contributed by atoms with Crippen LogP contribution in [0.2, 0.25) is 36.3 Å². The number of anilines is 2. The second-order valence-electron chi connectivity index (χ2n) is 23.7. The molecule has 2 fully saturated rings. The molecular weight excluding hydrogens is 1010 g/mol. The summed E-state index contributed by atoms with van der Waals surface area (Å²) in [6, 6.07) is 18.9. The highest BCUT2D eigenvalue weighted by atomic mass is 28.4. The standard InChI is InChI=1S/C30H41N5O3Si.C29H40N6O3Si/c1-22(36)23-14-18-34(19-15-23)28-29(37)35(26-12-10-24(11-13-26)27-31-16-8-17-32-27)21-25(33-28)9-7-20-38-39(5,6)30(2,3)4;1-29(2,3)39(4,5)38-19-6-8-23-20-35(24-11-9-22(10-12-24)26-31-15-7-16-32-26)28(37)27(33-23)34-17-13-21(14-18-34)25(30)36/h8,10-13,16-17,21,23H,7,9,14-15,18-20H2,1-6H3;7,9-12,15-16,20-21H,6,8,13-14,17-19H2,1-5H3,(H2,30,36). The average Bonchev–Trinajstić information content (AvgIpc) is 3.44. The van der Waals surface area contributed by atoms with Gasteiger partial charge in [0.1, 0.15) is 5.78 Å². The van der Waals surface area contributed by atoms with Crippen LogP contribution < -0.4 is 26.7 Å². The van der Waals surface area contributed by atoms with Crippen LogP contribution in [-0.2, 0) is 31.3 Å². The lowest BCUT2D eigenvalue weighted by Crippen LogP contribution is -2.42. The molecule has 0 saturated carbocycles. The van der Waals surface area contributed by atoms with Crippen molar-refractivity contribution in [1.82, 2.24) is 39.0 Å². The van der Waals surface area contributed by atoms with Crippen molar-refractivity contribution in [1.29, 1.82) is 0 Å². The van der Waals surface area contributed by atoms with Crippen molar-refractivity contribution < 1.29 is 18.4 Å². The summed E-state index contributed by atoms with van der Waals surface area (Å²) in [6.07, 6.45) is 16.3. The molecule has 2 aliphatic rings. The number of carbonyl (C=O) groups is 2. The van der Waals surface area contributed by atoms with Crippen molar-refractivity contribution in [2.24, 2.45) is 17.6 Å². The van der Waals surface area contributed by atoms with Gasteiger partial charge in [-0.2, -0.15) is 0 Å². The normalized spacial score (nSPS) is 15.0. The van der Waals surface area contributed by atoms with Crippen LogP contribution in [0.25, 0.3) is 34.2 Å². The molecule has 6 aromatic rings. The molecule has 0 radical (unpaired) electrons. The number of hydrogen-bond acceptors (Lipinski definition) is 14. The van der Waals surface area contributed by atoms with Gasteiger partial charge in [-0.05, 0) is 155 Å². The number of aryl methyl sites for hydroxylation is 2. The molecule has 2 saturated heterocycles. The zero-order valence-electron chi connectivity index (χ0n) is 47.8. The Kier molecular flexibility index (Phi) is 19.3. The van der Waals surface area contributed by atoms with Crippen LogP contribution in [0, 0.1) is 11.8 Å². The summed E-state index contributed by atoms with van der Waals surface area (Å²) in [7, 11) is -3.66. The summed E-state index contributed by atoms with van der Waals surface area (Å²) in [6.45, 7) is 27.9. The first-order valence-electron chi connectivity index (χ1n) is 27.5. The van der Waals surface area contributed by atoms with Crippen LogP contribution in [0.5, 0.6) is 0 Å². The molecule has 0 unspecified atom stereocenters. The van der Waals surface area contributed by atoms with Crippen molar-refractivity contribution in [2.45, 2.75) is 136 Å². The van der Waals surface area contributed by atoms with Gasteiger partial charge < -0.3 is 24.4 Å². The Labute approximate surface area is 462 Å². The van der Waals surface area contributed by atoms with Crippen molar-refractivity contribution in [2.75, 3.05) is 49.2 Å². The summed E-state index contributed by atoms with van der Waals surface area (Å²) < 4.78 is 16.1. The minimum Gasteiger partial charge on any atom is -0.417 e. The van der Waals surface area contributed by atoms with E-state index in [9.17, 15) is 19.2 Å². The molecule has 2 N–H and O–H groups in total. The Balaban J connectivity index is 0.000000226. The van der Waals surface area contributed by atoms with Crippen molar-refractivity contribution >= 4 is 40.0 Å². The first-order chi connectivity index (χ1) is 36.9. The number of hydrogen-bond donors (Lipinski definition) is 1. The van der Waals surface area contributed by atoms with E-state index in [0.29, 0.717) is 88.4 Å². The summed E-state index contributed by atoms with van der Waals surface area (Å²) in [5, 5.41) is 0.314. The lowest BCUT2D eigenvalue weighted by Gasteiger charge is -2.36. The number of carbonyl (C=O) groups excluding carboxylic acids is 2. The Morgan fingerprint density at radius 1 is 0.577 bits per heavy atom. The van der Waals surface area contributed by atoms with E-state index in [1.165, 1.54) is 0 Å². The number of aromatic nitrogens is 8. The van der Waals surface area contributed by atoms with E-state index >= 15 is 0 Å². The molecule has 0 atom stereocenters. The van der Waals surface area contributed by atoms with Gasteiger partial charge in [-0.15, -0.1) is 0 Å². The minimum absolute atomic E-state index is 0.0619. The number of nitrogens with zero attached hydrogens (tertiary/aromatic N) is 10. The van der Waals surface area contributed by atoms with Gasteiger partial charge in [0.25, 0.3) is 11.1 Å². The van der Waals surface area contributed by atoms with Gasteiger partial charge >= 0.3 is 0 Å². The minimum atomic E-state index is -1.83. The average molecular weight is 1100 g/mol. The van der Waals surface area contributed by atoms with Gasteiger partial charge in [0, 0.05) is 111 Å². The van der Waals surface area contributed by atoms with Crippen LogP contribution in [0.1, 0.15) is 98.4 Å². The summed E-state index contributed by atoms with van der Waals surface area (Å²) in [5.41, 5.74) is 10.1. The number of piperidine rings is 2. The monoisotopic (exact) mass is 1100 g/mol. The Bertz CT molecular complexity index is 2860. The van der Waals surface area contributed by atoms with Gasteiger partial charge in [0.05, 0.1) is 11.4 Å². The zero-order chi connectivity index (χ0) is 56.4. The zero-order valence-corrected chi connectivity index (χ0v) is 49.8. The fourth-order valence-corrected chi connectivity index (χ4v) is 11.2. The predicted molar refractivity (Wildman–Crippen MR) is 314 cm³/mol. The number of ketones is 1. The highest BCUT2D eigenvalue weighted by molar-refractivity contribution is 6.74. The third kappa shape index (κ3) is 15.0. The van der Waals surface area contributed by atoms with Crippen molar-refractivity contribution in [3.8, 4) is 34.2 Å². The predicted octanol–water partition coefficient (Wildman–Crippen LogP) is 9.79. The molecule has 78 heavy (non-hydrogen) atoms. The second kappa shape index (κ2) is 25.5. The lowest BCUT2D eigenvalue weighted by atomic mass is 9.93. The Morgan fingerprint density at radius 3 is 1.24 bits per heavy atom. The molecule has 8 rings (SSSR count). The Morgan fingerprint density at radius 2 is 0.923 bits per heavy atom. The molecule has 4 aromatic heterocycles. The number of primary amides is 1. The SMILES string of the molecule is CC(=O)C1CCN(c2nc(CCCO[Si](C)(C)C(C)(C)C)cn(-c3ccc(-c4ncccn4)cc3)c2=O)CC1.CC(C)(C)[Si](C)(C)OCCCc1cn(-c2ccc(-c3ncccn3)cc2)c(=O)c(N2CCC(C(N)=O)CC2)n1. The number of rotatable bonds is 18. The number of benzene rings is 2. The van der Waals surface area contributed by atoms with Gasteiger partial charge in [0.15, 0.2) is 39.9 Å². The van der Waals surface area contributed by atoms with Crippen molar-refractivity contribution in [3.63, 3.8) is 0 Å². The molecule has 1 amide bonds. The highest BCUT2D eigenvalue weighted by Crippen LogP contribution is 2.38. The molecule has 6 heterocycles. The summed E-state index contributed by atoms with van der Waals surface area (Å²) in [5.74, 6) is 1.98. The largest absolute Gasteiger partial charge is 0.417 e. The van der Waals surface area contributed by atoms with Crippen LogP contribution in [0.4, 0.5) is 11.6 Å². The maximum Gasteiger partial charge on any atom is 0.298 e. The van der Waals surface area contributed by atoms with Crippen molar-refractivity contribution in [3.05, 3.63) is 130 Å². The van der Waals surface area contributed by atoms with Crippen LogP contribution in [0.3, 0.4) is 0 Å². The molecule has 17 nitrogen and oxygen atoms in total. The molecule has 0 spiro atoms. The van der Waals surface area contributed by atoms with Crippen LogP contribution in [-0.4, -0.2) is 107 Å². The molecule has 416 valence electrons. The van der Waals surface area contributed by atoms with E-state index < -0.39 is 16.6 Å². The maximum absolute atomic E-state index is 13.7. The third-order valence-electron chi connectivity index (χ3n) is 16.1. The smallest absolute Gasteiger partial charge is 0.298 e. The fourth-order valence-electron chi connectivity index (χ4n) is 9.00. The van der Waals surface area contributed by atoms with E-state index in [0.717, 1.165) is 59.6 Å². The van der Waals surface area contributed by atoms with E-state index in [1.54, 1.807) is 53.0 Å². The number of Topliss-reactive ketones (excluding diaryl/α,β-unsaturated/α-hetero) is 1.